The Morgan fingerprint density at radius 1 is 0.623 bits per heavy atom. The fourth-order valence-corrected chi connectivity index (χ4v) is 9.07. The van der Waals surface area contributed by atoms with Crippen LogP contribution in [-0.4, -0.2) is 87.6 Å². The van der Waals surface area contributed by atoms with Gasteiger partial charge in [0.15, 0.2) is 0 Å². The first-order valence-electron chi connectivity index (χ1n) is 30.1. The summed E-state index contributed by atoms with van der Waals surface area (Å²) in [5, 5.41) is 0. The van der Waals surface area contributed by atoms with Crippen LogP contribution in [0.25, 0.3) is 0 Å². The number of carbonyl (C=O) groups is 3. The lowest BCUT2D eigenvalue weighted by Crippen LogP contribution is -2.40. The number of Topliss-reactive ketones (excluding diaryl/α,β-unsaturated/α-hetero) is 1. The molecule has 69 heavy (non-hydrogen) atoms. The number of carbonyl (C=O) groups excluding carboxylic acids is 3. The summed E-state index contributed by atoms with van der Waals surface area (Å²) in [6, 6.07) is 0. The molecule has 8 nitrogen and oxygen atoms in total. The Kier molecular flexibility index (Phi) is 55.5. The van der Waals surface area contributed by atoms with Crippen molar-refractivity contribution in [1.82, 2.24) is 9.80 Å². The highest BCUT2D eigenvalue weighted by Crippen LogP contribution is 2.32. The third-order valence-electron chi connectivity index (χ3n) is 13.7. The Morgan fingerprint density at radius 2 is 1.10 bits per heavy atom. The molecule has 1 atom stereocenters. The normalized spacial score (nSPS) is 14.4. The summed E-state index contributed by atoms with van der Waals surface area (Å²) in [5.74, 6) is 2.53. The van der Waals surface area contributed by atoms with Crippen molar-refractivity contribution in [1.29, 1.82) is 0 Å². The number of hydrogen-bond donors (Lipinski definition) is 0. The molecule has 1 aliphatic heterocycles. The molecule has 1 heterocycles. The number of likely N-dealkylation sites (tertiary alicyclic amines) is 1. The van der Waals surface area contributed by atoms with E-state index in [0.717, 1.165) is 89.8 Å². The van der Waals surface area contributed by atoms with Crippen molar-refractivity contribution >= 4 is 18.2 Å². The minimum Gasteiger partial charge on any atom is -0.493 e. The molecule has 0 amide bonds. The second-order valence-corrected chi connectivity index (χ2v) is 20.9. The largest absolute Gasteiger partial charge is 0.493 e. The van der Waals surface area contributed by atoms with Gasteiger partial charge in [-0.05, 0) is 110 Å². The SMILES string of the molecule is CC.CC(=O)CCCCCCCOC=O.CCCCCCCCC(C)CCCCCCCC.CCCCCCCCCCCOC(=O)CCCCCN1CCCC(OC(CCN(C)C)=C2CCC2)C1. The molecule has 2 aliphatic rings. The predicted octanol–water partition coefficient (Wildman–Crippen LogP) is 17.7. The zero-order valence-electron chi connectivity index (χ0n) is 47.9. The van der Waals surface area contributed by atoms with Gasteiger partial charge < -0.3 is 23.9 Å². The quantitative estimate of drug-likeness (QED) is 0.0258. The molecular weight excluding hydrogens is 857 g/mol. The Hall–Kier alpha value is -1.93. The van der Waals surface area contributed by atoms with Gasteiger partial charge in [-0.15, -0.1) is 0 Å². The molecular formula is C61H120N2O6. The van der Waals surface area contributed by atoms with Crippen LogP contribution in [0.5, 0.6) is 0 Å². The second kappa shape index (κ2) is 55.4. The summed E-state index contributed by atoms with van der Waals surface area (Å²) in [4.78, 5) is 37.2. The van der Waals surface area contributed by atoms with Gasteiger partial charge in [-0.3, -0.25) is 14.5 Å². The van der Waals surface area contributed by atoms with Crippen molar-refractivity contribution in [2.45, 2.75) is 305 Å². The lowest BCUT2D eigenvalue weighted by molar-refractivity contribution is -0.144. The molecule has 0 radical (unpaired) electrons. The van der Waals surface area contributed by atoms with E-state index >= 15 is 0 Å². The molecule has 1 aliphatic carbocycles. The zero-order valence-corrected chi connectivity index (χ0v) is 47.9. The molecule has 2 rings (SSSR count). The molecule has 2 fully saturated rings. The Balaban J connectivity index is 0. The van der Waals surface area contributed by atoms with Gasteiger partial charge in [-0.1, -0.05) is 208 Å². The molecule has 0 aromatic heterocycles. The molecule has 1 saturated heterocycles. The summed E-state index contributed by atoms with van der Waals surface area (Å²) >= 11 is 0. The van der Waals surface area contributed by atoms with Gasteiger partial charge in [0.2, 0.25) is 0 Å². The van der Waals surface area contributed by atoms with Gasteiger partial charge in [0.25, 0.3) is 6.47 Å². The monoisotopic (exact) mass is 977 g/mol. The molecule has 0 spiro atoms. The van der Waals surface area contributed by atoms with Crippen molar-refractivity contribution in [2.24, 2.45) is 5.92 Å². The summed E-state index contributed by atoms with van der Waals surface area (Å²) in [5.41, 5.74) is 1.57. The highest BCUT2D eigenvalue weighted by Gasteiger charge is 2.24. The van der Waals surface area contributed by atoms with Crippen LogP contribution in [-0.2, 0) is 28.6 Å². The minimum absolute atomic E-state index is 0.00436. The topological polar surface area (TPSA) is 85.4 Å². The maximum atomic E-state index is 12.0. The van der Waals surface area contributed by atoms with Crippen molar-refractivity contribution in [2.75, 3.05) is 53.5 Å². The molecule has 0 N–H and O–H groups in total. The average Bonchev–Trinajstić information content (AvgIpc) is 3.32. The first kappa shape index (κ1) is 69.1. The zero-order chi connectivity index (χ0) is 51.3. The maximum Gasteiger partial charge on any atom is 0.305 e. The van der Waals surface area contributed by atoms with Crippen LogP contribution in [0.15, 0.2) is 11.3 Å². The van der Waals surface area contributed by atoms with Gasteiger partial charge in [-0.25, -0.2) is 0 Å². The minimum atomic E-state index is -0.00436. The fraction of sp³-hybridized carbons (Fsp3) is 0.918. The van der Waals surface area contributed by atoms with Gasteiger partial charge >= 0.3 is 5.97 Å². The summed E-state index contributed by atoms with van der Waals surface area (Å²) in [6.07, 6.45) is 49.3. The average molecular weight is 978 g/mol. The van der Waals surface area contributed by atoms with E-state index < -0.39 is 0 Å². The summed E-state index contributed by atoms with van der Waals surface area (Å²) in [6.45, 7) is 21.0. The van der Waals surface area contributed by atoms with E-state index in [-0.39, 0.29) is 11.8 Å². The smallest absolute Gasteiger partial charge is 0.305 e. The molecule has 410 valence electrons. The number of rotatable bonds is 44. The third-order valence-corrected chi connectivity index (χ3v) is 13.7. The van der Waals surface area contributed by atoms with Crippen LogP contribution in [0.2, 0.25) is 0 Å². The second-order valence-electron chi connectivity index (χ2n) is 20.9. The van der Waals surface area contributed by atoms with Crippen molar-refractivity contribution in [3.8, 4) is 0 Å². The van der Waals surface area contributed by atoms with Crippen LogP contribution < -0.4 is 0 Å². The van der Waals surface area contributed by atoms with E-state index in [2.05, 4.69) is 56.3 Å². The van der Waals surface area contributed by atoms with E-state index in [4.69, 9.17) is 9.47 Å². The van der Waals surface area contributed by atoms with Crippen molar-refractivity contribution < 1.29 is 28.6 Å². The number of ketones is 1. The first-order chi connectivity index (χ1) is 33.7. The Labute approximate surface area is 430 Å². The summed E-state index contributed by atoms with van der Waals surface area (Å²) < 4.78 is 16.6. The maximum absolute atomic E-state index is 12.0. The van der Waals surface area contributed by atoms with Crippen molar-refractivity contribution in [3.05, 3.63) is 11.3 Å². The van der Waals surface area contributed by atoms with Crippen LogP contribution in [0.1, 0.15) is 299 Å². The van der Waals surface area contributed by atoms with Gasteiger partial charge in [0.05, 0.1) is 19.0 Å². The van der Waals surface area contributed by atoms with E-state index in [0.29, 0.717) is 38.6 Å². The highest BCUT2D eigenvalue weighted by atomic mass is 16.5. The molecule has 8 heteroatoms. The number of ether oxygens (including phenoxy) is 3. The molecule has 1 unspecified atom stereocenters. The van der Waals surface area contributed by atoms with Crippen LogP contribution in [0.4, 0.5) is 0 Å². The number of nitrogens with zero attached hydrogens (tertiary/aromatic N) is 2. The highest BCUT2D eigenvalue weighted by molar-refractivity contribution is 5.75. The number of unbranched alkanes of at least 4 members (excludes halogenated alkanes) is 24. The number of piperidine rings is 1. The molecule has 0 aromatic carbocycles. The van der Waals surface area contributed by atoms with E-state index in [1.807, 2.05) is 13.8 Å². The van der Waals surface area contributed by atoms with E-state index in [1.165, 1.54) is 186 Å². The summed E-state index contributed by atoms with van der Waals surface area (Å²) in [7, 11) is 4.28. The molecule has 0 bridgehead atoms. The standard InChI is InChI=1S/C31H58N2O3.C18H38.C10H18O3.C2H6/c1-4-5-6-7-8-9-10-11-15-26-35-31(34)21-13-12-14-23-33-24-17-20-29(27-33)36-30(22-25-32(2)3)28-18-16-19-28;1-4-6-8-10-12-14-16-18(3)17-15-13-11-9-7-5-2;1-10(12)7-5-3-2-4-6-8-13-9-11;1-2/h29H,4-27H2,1-3H3;18H,4-17H2,1-3H3;9H,2-8H2,1H3;1-2H3. The van der Waals surface area contributed by atoms with Crippen molar-refractivity contribution in [3.63, 3.8) is 0 Å². The van der Waals surface area contributed by atoms with Crippen LogP contribution >= 0.6 is 0 Å². The van der Waals surface area contributed by atoms with Crippen LogP contribution in [0, 0.1) is 5.92 Å². The van der Waals surface area contributed by atoms with Gasteiger partial charge in [0, 0.05) is 32.4 Å². The predicted molar refractivity (Wildman–Crippen MR) is 298 cm³/mol. The Bertz CT molecular complexity index is 1110. The van der Waals surface area contributed by atoms with Gasteiger partial charge in [0.1, 0.15) is 11.9 Å². The number of esters is 1. The van der Waals surface area contributed by atoms with Crippen LogP contribution in [0.3, 0.4) is 0 Å². The van der Waals surface area contributed by atoms with E-state index in [1.54, 1.807) is 12.5 Å². The van der Waals surface area contributed by atoms with Gasteiger partial charge in [-0.2, -0.15) is 0 Å². The number of allylic oxidation sites excluding steroid dienone is 1. The van der Waals surface area contributed by atoms with E-state index in [9.17, 15) is 14.4 Å². The first-order valence-corrected chi connectivity index (χ1v) is 30.1. The molecule has 1 saturated carbocycles. The molecule has 0 aromatic rings. The Morgan fingerprint density at radius 3 is 1.59 bits per heavy atom. The lowest BCUT2D eigenvalue weighted by atomic mass is 9.90. The lowest BCUT2D eigenvalue weighted by Gasteiger charge is -2.35. The number of hydrogen-bond acceptors (Lipinski definition) is 8. The fourth-order valence-electron chi connectivity index (χ4n) is 9.07. The third kappa shape index (κ3) is 50.8.